The number of nitrogens with one attached hydrogen (secondary N) is 1. The van der Waals surface area contributed by atoms with Crippen LogP contribution in [0.4, 0.5) is 0 Å². The lowest BCUT2D eigenvalue weighted by molar-refractivity contribution is 0.260. The molecule has 102 valence electrons. The minimum absolute atomic E-state index is 0.477. The fraction of sp³-hybridized carbons (Fsp3) is 1.00. The average molecular weight is 262 g/mol. The van der Waals surface area contributed by atoms with E-state index >= 15 is 0 Å². The van der Waals surface area contributed by atoms with E-state index in [0.717, 1.165) is 31.8 Å². The van der Waals surface area contributed by atoms with Gasteiger partial charge < -0.3 is 5.32 Å². The third-order valence-corrected chi connectivity index (χ3v) is 4.55. The van der Waals surface area contributed by atoms with Gasteiger partial charge in [0.1, 0.15) is 0 Å². The third-order valence-electron chi connectivity index (χ3n) is 3.28. The molecule has 0 aliphatic carbocycles. The molecular weight excluding hydrogens is 236 g/mol. The van der Waals surface area contributed by atoms with Crippen LogP contribution in [0.2, 0.25) is 0 Å². The maximum Gasteiger partial charge on any atom is 0.211 e. The molecule has 1 saturated heterocycles. The summed E-state index contributed by atoms with van der Waals surface area (Å²) in [5.41, 5.74) is 0. The van der Waals surface area contributed by atoms with Crippen molar-refractivity contribution in [2.45, 2.75) is 33.1 Å². The Labute approximate surface area is 106 Å². The molecule has 1 N–H and O–H groups in total. The molecule has 1 fully saturated rings. The molecule has 1 aliphatic rings. The van der Waals surface area contributed by atoms with Crippen LogP contribution in [0.3, 0.4) is 0 Å². The molecule has 1 atom stereocenters. The number of rotatable bonds is 6. The van der Waals surface area contributed by atoms with E-state index in [1.807, 2.05) is 0 Å². The van der Waals surface area contributed by atoms with Crippen molar-refractivity contribution >= 4 is 10.0 Å². The molecule has 1 heterocycles. The Bertz CT molecular complexity index is 314. The van der Waals surface area contributed by atoms with Crippen molar-refractivity contribution in [3.8, 4) is 0 Å². The predicted octanol–water partition coefficient (Wildman–Crippen LogP) is 1.29. The molecule has 0 radical (unpaired) electrons. The fourth-order valence-electron chi connectivity index (χ4n) is 2.19. The van der Waals surface area contributed by atoms with Crippen LogP contribution >= 0.6 is 0 Å². The molecule has 0 aromatic rings. The smallest absolute Gasteiger partial charge is 0.211 e. The van der Waals surface area contributed by atoms with Gasteiger partial charge in [-0.15, -0.1) is 0 Å². The van der Waals surface area contributed by atoms with Gasteiger partial charge in [0, 0.05) is 13.1 Å². The van der Waals surface area contributed by atoms with Crippen LogP contribution in [-0.2, 0) is 10.0 Å². The average Bonchev–Trinajstić information content (AvgIpc) is 2.23. The summed E-state index contributed by atoms with van der Waals surface area (Å²) in [6, 6.07) is 0. The summed E-state index contributed by atoms with van der Waals surface area (Å²) >= 11 is 0. The van der Waals surface area contributed by atoms with Crippen LogP contribution in [0.5, 0.6) is 0 Å². The highest BCUT2D eigenvalue weighted by molar-refractivity contribution is 7.88. The van der Waals surface area contributed by atoms with E-state index in [-0.39, 0.29) is 0 Å². The van der Waals surface area contributed by atoms with Crippen LogP contribution in [0.1, 0.15) is 33.1 Å². The maximum absolute atomic E-state index is 11.5. The molecule has 0 aromatic carbocycles. The number of hydrogen-bond acceptors (Lipinski definition) is 3. The Morgan fingerprint density at radius 2 is 2.12 bits per heavy atom. The van der Waals surface area contributed by atoms with Crippen LogP contribution in [-0.4, -0.2) is 45.2 Å². The van der Waals surface area contributed by atoms with Crippen LogP contribution in [0.15, 0.2) is 0 Å². The maximum atomic E-state index is 11.5. The number of piperidine rings is 1. The van der Waals surface area contributed by atoms with Gasteiger partial charge in [0.05, 0.1) is 6.26 Å². The first-order valence-corrected chi connectivity index (χ1v) is 8.40. The van der Waals surface area contributed by atoms with Crippen LogP contribution in [0.25, 0.3) is 0 Å². The van der Waals surface area contributed by atoms with Crippen molar-refractivity contribution in [3.05, 3.63) is 0 Å². The van der Waals surface area contributed by atoms with E-state index in [1.165, 1.54) is 12.7 Å². The zero-order valence-electron chi connectivity index (χ0n) is 11.3. The fourth-order valence-corrected chi connectivity index (χ4v) is 3.13. The highest BCUT2D eigenvalue weighted by Crippen LogP contribution is 2.17. The largest absolute Gasteiger partial charge is 0.316 e. The molecule has 0 amide bonds. The molecule has 0 bridgehead atoms. The van der Waals surface area contributed by atoms with Crippen molar-refractivity contribution in [1.29, 1.82) is 0 Å². The Morgan fingerprint density at radius 3 is 2.71 bits per heavy atom. The SMILES string of the molecule is CC(C)CCNCC1CCCN(S(C)(=O)=O)C1. The lowest BCUT2D eigenvalue weighted by atomic mass is 9.99. The van der Waals surface area contributed by atoms with Gasteiger partial charge in [-0.3, -0.25) is 0 Å². The second-order valence-corrected chi connectivity index (χ2v) is 7.50. The summed E-state index contributed by atoms with van der Waals surface area (Å²) in [4.78, 5) is 0. The van der Waals surface area contributed by atoms with Gasteiger partial charge in [0.25, 0.3) is 0 Å². The van der Waals surface area contributed by atoms with Crippen molar-refractivity contribution in [3.63, 3.8) is 0 Å². The van der Waals surface area contributed by atoms with Gasteiger partial charge >= 0.3 is 0 Å². The topological polar surface area (TPSA) is 49.4 Å². The minimum atomic E-state index is -3.00. The van der Waals surface area contributed by atoms with Gasteiger partial charge in [0.2, 0.25) is 10.0 Å². The second kappa shape index (κ2) is 6.71. The summed E-state index contributed by atoms with van der Waals surface area (Å²) in [7, 11) is -3.00. The number of nitrogens with zero attached hydrogens (tertiary/aromatic N) is 1. The van der Waals surface area contributed by atoms with E-state index in [4.69, 9.17) is 0 Å². The quantitative estimate of drug-likeness (QED) is 0.734. The Morgan fingerprint density at radius 1 is 1.41 bits per heavy atom. The third kappa shape index (κ3) is 5.84. The predicted molar refractivity (Wildman–Crippen MR) is 71.5 cm³/mol. The highest BCUT2D eigenvalue weighted by Gasteiger charge is 2.25. The molecule has 5 heteroatoms. The van der Waals surface area contributed by atoms with Crippen molar-refractivity contribution in [2.75, 3.05) is 32.4 Å². The van der Waals surface area contributed by atoms with Gasteiger partial charge in [-0.1, -0.05) is 13.8 Å². The summed E-state index contributed by atoms with van der Waals surface area (Å²) in [5.74, 6) is 1.20. The van der Waals surface area contributed by atoms with E-state index in [1.54, 1.807) is 4.31 Å². The summed E-state index contributed by atoms with van der Waals surface area (Å²) < 4.78 is 24.5. The van der Waals surface area contributed by atoms with E-state index < -0.39 is 10.0 Å². The molecule has 1 rings (SSSR count). The molecule has 4 nitrogen and oxygen atoms in total. The standard InChI is InChI=1S/C12H26N2O2S/c1-11(2)6-7-13-9-12-5-4-8-14(10-12)17(3,15)16/h11-13H,4-10H2,1-3H3. The van der Waals surface area contributed by atoms with Gasteiger partial charge in [-0.05, 0) is 44.2 Å². The lowest BCUT2D eigenvalue weighted by Gasteiger charge is -2.31. The number of hydrogen-bond donors (Lipinski definition) is 1. The molecule has 1 aliphatic heterocycles. The summed E-state index contributed by atoms with van der Waals surface area (Å²) in [6.07, 6.45) is 4.62. The molecule has 0 spiro atoms. The Balaban J connectivity index is 2.26. The van der Waals surface area contributed by atoms with Gasteiger partial charge in [0.15, 0.2) is 0 Å². The Kier molecular flexibility index (Phi) is 5.89. The molecule has 1 unspecified atom stereocenters. The van der Waals surface area contributed by atoms with Gasteiger partial charge in [-0.2, -0.15) is 0 Å². The second-order valence-electron chi connectivity index (χ2n) is 5.52. The normalized spacial score (nSPS) is 23.2. The van der Waals surface area contributed by atoms with Crippen molar-refractivity contribution in [2.24, 2.45) is 11.8 Å². The van der Waals surface area contributed by atoms with Crippen molar-refractivity contribution in [1.82, 2.24) is 9.62 Å². The van der Waals surface area contributed by atoms with E-state index in [0.29, 0.717) is 19.0 Å². The monoisotopic (exact) mass is 262 g/mol. The first-order valence-electron chi connectivity index (χ1n) is 6.55. The zero-order valence-corrected chi connectivity index (χ0v) is 12.1. The van der Waals surface area contributed by atoms with E-state index in [2.05, 4.69) is 19.2 Å². The lowest BCUT2D eigenvalue weighted by Crippen LogP contribution is -2.42. The molecule has 17 heavy (non-hydrogen) atoms. The Hall–Kier alpha value is -0.130. The van der Waals surface area contributed by atoms with Gasteiger partial charge in [-0.25, -0.2) is 12.7 Å². The van der Waals surface area contributed by atoms with E-state index in [9.17, 15) is 8.42 Å². The zero-order chi connectivity index (χ0) is 12.9. The molecule has 0 saturated carbocycles. The summed E-state index contributed by atoms with van der Waals surface area (Å²) in [6.45, 7) is 7.79. The van der Waals surface area contributed by atoms with Crippen molar-refractivity contribution < 1.29 is 8.42 Å². The highest BCUT2D eigenvalue weighted by atomic mass is 32.2. The van der Waals surface area contributed by atoms with Crippen LogP contribution < -0.4 is 5.32 Å². The first-order chi connectivity index (χ1) is 7.89. The minimum Gasteiger partial charge on any atom is -0.316 e. The molecule has 0 aromatic heterocycles. The first kappa shape index (κ1) is 14.9. The summed E-state index contributed by atoms with van der Waals surface area (Å²) in [5, 5.41) is 3.44. The van der Waals surface area contributed by atoms with Crippen LogP contribution in [0, 0.1) is 11.8 Å². The molecular formula is C12H26N2O2S. The number of sulfonamides is 1.